The van der Waals surface area contributed by atoms with Crippen LogP contribution in [0.4, 0.5) is 0 Å². The number of nitrogens with zero attached hydrogens (tertiary/aromatic N) is 1. The average Bonchev–Trinajstić information content (AvgIpc) is 3.08. The second-order valence-electron chi connectivity index (χ2n) is 4.46. The lowest BCUT2D eigenvalue weighted by molar-refractivity contribution is 0.0762. The summed E-state index contributed by atoms with van der Waals surface area (Å²) in [5.41, 5.74) is 5.33. The maximum atomic E-state index is 12.3. The number of thiophene rings is 1. The Morgan fingerprint density at radius 2 is 2.33 bits per heavy atom. The van der Waals surface area contributed by atoms with Crippen molar-refractivity contribution >= 4 is 17.2 Å². The van der Waals surface area contributed by atoms with Gasteiger partial charge in [-0.25, -0.2) is 0 Å². The Morgan fingerprint density at radius 1 is 1.56 bits per heavy atom. The van der Waals surface area contributed by atoms with Gasteiger partial charge in [-0.3, -0.25) is 4.79 Å². The van der Waals surface area contributed by atoms with Crippen molar-refractivity contribution in [2.45, 2.75) is 19.8 Å². The lowest BCUT2D eigenvalue weighted by Crippen LogP contribution is -2.32. The minimum Gasteiger partial charge on any atom is -0.338 e. The third-order valence-corrected chi connectivity index (χ3v) is 3.96. The lowest BCUT2D eigenvalue weighted by atomic mass is 10.3. The first-order valence-electron chi connectivity index (χ1n) is 6.32. The molecule has 1 saturated carbocycles. The standard InChI is InChI=1S/C14H18N2OS/c1-2-16(10-11-5-6-11)14(17)13-8-7-12(18-13)4-3-9-15/h7-8,11H,2,5-6,9-10,15H2,1H3. The number of carbonyl (C=O) groups is 1. The van der Waals surface area contributed by atoms with Crippen LogP contribution in [0.25, 0.3) is 0 Å². The zero-order valence-electron chi connectivity index (χ0n) is 10.6. The number of rotatable bonds is 4. The van der Waals surface area contributed by atoms with Crippen LogP contribution in [0.3, 0.4) is 0 Å². The Balaban J connectivity index is 2.04. The smallest absolute Gasteiger partial charge is 0.263 e. The van der Waals surface area contributed by atoms with Gasteiger partial charge in [-0.15, -0.1) is 11.3 Å². The summed E-state index contributed by atoms with van der Waals surface area (Å²) in [6.45, 7) is 4.06. The highest BCUT2D eigenvalue weighted by atomic mass is 32.1. The third kappa shape index (κ3) is 3.34. The molecule has 4 heteroatoms. The summed E-state index contributed by atoms with van der Waals surface area (Å²) >= 11 is 1.45. The largest absolute Gasteiger partial charge is 0.338 e. The Morgan fingerprint density at radius 3 is 2.94 bits per heavy atom. The number of carbonyl (C=O) groups excluding carboxylic acids is 1. The number of amides is 1. The molecule has 18 heavy (non-hydrogen) atoms. The van der Waals surface area contributed by atoms with Gasteiger partial charge in [0, 0.05) is 13.1 Å². The van der Waals surface area contributed by atoms with Crippen molar-refractivity contribution in [1.29, 1.82) is 0 Å². The molecule has 2 rings (SSSR count). The Kier molecular flexibility index (Phi) is 4.40. The summed E-state index contributed by atoms with van der Waals surface area (Å²) in [6.07, 6.45) is 2.53. The molecule has 0 aliphatic heterocycles. The van der Waals surface area contributed by atoms with E-state index in [4.69, 9.17) is 5.73 Å². The van der Waals surface area contributed by atoms with Crippen molar-refractivity contribution in [2.75, 3.05) is 19.6 Å². The van der Waals surface area contributed by atoms with Gasteiger partial charge in [-0.2, -0.15) is 0 Å². The Hall–Kier alpha value is -1.31. The van der Waals surface area contributed by atoms with Gasteiger partial charge >= 0.3 is 0 Å². The second-order valence-corrected chi connectivity index (χ2v) is 5.54. The fourth-order valence-electron chi connectivity index (χ4n) is 1.78. The molecule has 1 aromatic rings. The van der Waals surface area contributed by atoms with E-state index in [1.807, 2.05) is 24.0 Å². The van der Waals surface area contributed by atoms with Gasteiger partial charge in [-0.05, 0) is 37.8 Å². The van der Waals surface area contributed by atoms with Crippen LogP contribution in [0.15, 0.2) is 12.1 Å². The third-order valence-electron chi connectivity index (χ3n) is 2.97. The van der Waals surface area contributed by atoms with Gasteiger partial charge in [0.15, 0.2) is 0 Å². The molecule has 0 radical (unpaired) electrons. The minimum absolute atomic E-state index is 0.134. The maximum absolute atomic E-state index is 12.3. The molecular weight excluding hydrogens is 244 g/mol. The van der Waals surface area contributed by atoms with Crippen LogP contribution >= 0.6 is 11.3 Å². The molecule has 1 aliphatic rings. The molecule has 1 heterocycles. The summed E-state index contributed by atoms with van der Waals surface area (Å²) in [6, 6.07) is 3.76. The zero-order chi connectivity index (χ0) is 13.0. The van der Waals surface area contributed by atoms with E-state index >= 15 is 0 Å². The molecule has 1 fully saturated rings. The van der Waals surface area contributed by atoms with E-state index in [9.17, 15) is 4.79 Å². The quantitative estimate of drug-likeness (QED) is 0.843. The van der Waals surface area contributed by atoms with Crippen LogP contribution < -0.4 is 5.73 Å². The monoisotopic (exact) mass is 262 g/mol. The van der Waals surface area contributed by atoms with Gasteiger partial charge < -0.3 is 10.6 Å². The second kappa shape index (κ2) is 6.03. The Bertz CT molecular complexity index is 479. The molecule has 3 nitrogen and oxygen atoms in total. The average molecular weight is 262 g/mol. The first kappa shape index (κ1) is 13.1. The van der Waals surface area contributed by atoms with Crippen LogP contribution in [0, 0.1) is 17.8 Å². The first-order valence-corrected chi connectivity index (χ1v) is 7.14. The number of hydrogen-bond donors (Lipinski definition) is 1. The van der Waals surface area contributed by atoms with E-state index in [-0.39, 0.29) is 5.91 Å². The number of hydrogen-bond acceptors (Lipinski definition) is 3. The van der Waals surface area contributed by atoms with Crippen molar-refractivity contribution in [3.8, 4) is 11.8 Å². The van der Waals surface area contributed by atoms with Gasteiger partial charge in [0.05, 0.1) is 16.3 Å². The fourth-order valence-corrected chi connectivity index (χ4v) is 2.63. The highest BCUT2D eigenvalue weighted by molar-refractivity contribution is 7.14. The lowest BCUT2D eigenvalue weighted by Gasteiger charge is -2.19. The van der Waals surface area contributed by atoms with Gasteiger partial charge in [0.25, 0.3) is 5.91 Å². The molecule has 1 amide bonds. The molecule has 1 aromatic heterocycles. The van der Waals surface area contributed by atoms with E-state index in [0.29, 0.717) is 6.54 Å². The molecule has 0 aromatic carbocycles. The zero-order valence-corrected chi connectivity index (χ0v) is 11.4. The van der Waals surface area contributed by atoms with Gasteiger partial charge in [0.1, 0.15) is 0 Å². The molecule has 1 aliphatic carbocycles. The minimum atomic E-state index is 0.134. The summed E-state index contributed by atoms with van der Waals surface area (Å²) in [4.78, 5) is 15.9. The molecule has 0 bridgehead atoms. The van der Waals surface area contributed by atoms with Crippen molar-refractivity contribution in [3.05, 3.63) is 21.9 Å². The molecule has 96 valence electrons. The van der Waals surface area contributed by atoms with E-state index < -0.39 is 0 Å². The highest BCUT2D eigenvalue weighted by Crippen LogP contribution is 2.30. The Labute approximate surface area is 112 Å². The molecule has 2 N–H and O–H groups in total. The predicted octanol–water partition coefficient (Wildman–Crippen LogP) is 1.93. The van der Waals surface area contributed by atoms with Crippen molar-refractivity contribution in [3.63, 3.8) is 0 Å². The molecule has 0 spiro atoms. The van der Waals surface area contributed by atoms with Crippen molar-refractivity contribution in [1.82, 2.24) is 4.90 Å². The normalized spacial score (nSPS) is 13.9. The fraction of sp³-hybridized carbons (Fsp3) is 0.500. The topological polar surface area (TPSA) is 46.3 Å². The predicted molar refractivity (Wildman–Crippen MR) is 74.6 cm³/mol. The van der Waals surface area contributed by atoms with Crippen LogP contribution in [-0.2, 0) is 0 Å². The van der Waals surface area contributed by atoms with Crippen LogP contribution in [0.1, 0.15) is 34.3 Å². The summed E-state index contributed by atoms with van der Waals surface area (Å²) in [7, 11) is 0. The maximum Gasteiger partial charge on any atom is 0.263 e. The van der Waals surface area contributed by atoms with Crippen LogP contribution in [0.2, 0.25) is 0 Å². The molecule has 0 atom stereocenters. The van der Waals surface area contributed by atoms with Crippen LogP contribution in [0.5, 0.6) is 0 Å². The SMILES string of the molecule is CCN(CC1CC1)C(=O)c1ccc(C#CCN)s1. The van der Waals surface area contributed by atoms with E-state index in [0.717, 1.165) is 28.8 Å². The first-order chi connectivity index (χ1) is 8.74. The van der Waals surface area contributed by atoms with Crippen molar-refractivity contribution < 1.29 is 4.79 Å². The van der Waals surface area contributed by atoms with Crippen LogP contribution in [-0.4, -0.2) is 30.4 Å². The molecular formula is C14H18N2OS. The number of nitrogens with two attached hydrogens (primary N) is 1. The van der Waals surface area contributed by atoms with Gasteiger partial charge in [0.2, 0.25) is 0 Å². The van der Waals surface area contributed by atoms with Crippen molar-refractivity contribution in [2.24, 2.45) is 11.7 Å². The summed E-state index contributed by atoms with van der Waals surface area (Å²) in [5, 5.41) is 0. The summed E-state index contributed by atoms with van der Waals surface area (Å²) < 4.78 is 0. The van der Waals surface area contributed by atoms with E-state index in [1.54, 1.807) is 0 Å². The molecule has 0 saturated heterocycles. The molecule has 0 unspecified atom stereocenters. The van der Waals surface area contributed by atoms with E-state index in [2.05, 4.69) is 11.8 Å². The van der Waals surface area contributed by atoms with E-state index in [1.165, 1.54) is 24.2 Å². The van der Waals surface area contributed by atoms with Gasteiger partial charge in [-0.1, -0.05) is 11.8 Å². The highest BCUT2D eigenvalue weighted by Gasteiger charge is 2.26. The summed E-state index contributed by atoms with van der Waals surface area (Å²) in [5.74, 6) is 6.63.